The van der Waals surface area contributed by atoms with Gasteiger partial charge in [0, 0.05) is 19.4 Å². The number of aromatic nitrogens is 6. The van der Waals surface area contributed by atoms with Gasteiger partial charge >= 0.3 is 0 Å². The monoisotopic (exact) mass is 337 g/mol. The Balaban J connectivity index is 1.67. The smallest absolute Gasteiger partial charge is 0.229 e. The zero-order chi connectivity index (χ0) is 17.4. The molecular weight excluding hydrogens is 321 g/mol. The van der Waals surface area contributed by atoms with Gasteiger partial charge in [0.15, 0.2) is 5.65 Å². The van der Waals surface area contributed by atoms with Crippen LogP contribution in [0.15, 0.2) is 43.0 Å². The highest BCUT2D eigenvalue weighted by molar-refractivity contribution is 5.75. The molecule has 0 atom stereocenters. The number of aryl methyl sites for hydroxylation is 2. The Hall–Kier alpha value is -3.29. The fourth-order valence-electron chi connectivity index (χ4n) is 2.63. The third-order valence-corrected chi connectivity index (χ3v) is 3.97. The van der Waals surface area contributed by atoms with E-state index in [2.05, 4.69) is 25.5 Å². The van der Waals surface area contributed by atoms with Crippen LogP contribution in [-0.2, 0) is 13.6 Å². The van der Waals surface area contributed by atoms with Crippen LogP contribution in [0.2, 0.25) is 0 Å². The number of nitrogens with zero attached hydrogens (tertiary/aromatic N) is 6. The number of rotatable bonds is 4. The SMILES string of the molecule is Cc1ccc(F)cc1Cn1ncc2cnc(Nc3cnn(C)c3)nc21. The molecule has 7 nitrogen and oxygen atoms in total. The van der Waals surface area contributed by atoms with Gasteiger partial charge in [-0.1, -0.05) is 6.07 Å². The van der Waals surface area contributed by atoms with E-state index in [1.54, 1.807) is 34.0 Å². The largest absolute Gasteiger partial charge is 0.321 e. The Bertz CT molecular complexity index is 1050. The number of benzene rings is 1. The van der Waals surface area contributed by atoms with Crippen LogP contribution < -0.4 is 5.32 Å². The maximum absolute atomic E-state index is 13.5. The predicted octanol–water partition coefficient (Wildman–Crippen LogP) is 2.80. The minimum absolute atomic E-state index is 0.259. The highest BCUT2D eigenvalue weighted by Gasteiger charge is 2.10. The van der Waals surface area contributed by atoms with E-state index in [9.17, 15) is 4.39 Å². The Morgan fingerprint density at radius 1 is 1.16 bits per heavy atom. The van der Waals surface area contributed by atoms with Gasteiger partial charge in [0.2, 0.25) is 5.95 Å². The topological polar surface area (TPSA) is 73.5 Å². The molecule has 0 aliphatic rings. The van der Waals surface area contributed by atoms with Crippen LogP contribution in [0.4, 0.5) is 16.0 Å². The molecule has 0 spiro atoms. The Kier molecular flexibility index (Phi) is 3.64. The van der Waals surface area contributed by atoms with E-state index in [0.717, 1.165) is 22.2 Å². The van der Waals surface area contributed by atoms with Gasteiger partial charge in [0.25, 0.3) is 0 Å². The van der Waals surface area contributed by atoms with Gasteiger partial charge in [0.05, 0.1) is 30.0 Å². The number of hydrogen-bond donors (Lipinski definition) is 1. The molecule has 0 fully saturated rings. The molecule has 0 bridgehead atoms. The summed E-state index contributed by atoms with van der Waals surface area (Å²) in [4.78, 5) is 8.83. The lowest BCUT2D eigenvalue weighted by Crippen LogP contribution is -2.06. The molecule has 1 aromatic carbocycles. The molecule has 25 heavy (non-hydrogen) atoms. The van der Waals surface area contributed by atoms with Crippen molar-refractivity contribution in [3.8, 4) is 0 Å². The first-order valence-electron chi connectivity index (χ1n) is 7.78. The van der Waals surface area contributed by atoms with Crippen molar-refractivity contribution in [1.29, 1.82) is 0 Å². The van der Waals surface area contributed by atoms with Crippen molar-refractivity contribution in [1.82, 2.24) is 29.5 Å². The summed E-state index contributed by atoms with van der Waals surface area (Å²) in [6.07, 6.45) is 6.95. The van der Waals surface area contributed by atoms with Crippen LogP contribution >= 0.6 is 0 Å². The number of anilines is 2. The standard InChI is InChI=1S/C17H16FN7/c1-11-3-4-14(18)5-12(11)9-25-16-13(7-21-25)6-19-17(23-16)22-15-8-20-24(2)10-15/h3-8,10H,9H2,1-2H3,(H,19,22,23). The second kappa shape index (κ2) is 5.97. The van der Waals surface area contributed by atoms with E-state index in [1.807, 2.05) is 20.2 Å². The van der Waals surface area contributed by atoms with Crippen LogP contribution in [0.3, 0.4) is 0 Å². The average Bonchev–Trinajstić information content (AvgIpc) is 3.17. The van der Waals surface area contributed by atoms with E-state index in [-0.39, 0.29) is 5.82 Å². The summed E-state index contributed by atoms with van der Waals surface area (Å²) in [5.74, 6) is 0.198. The summed E-state index contributed by atoms with van der Waals surface area (Å²) < 4.78 is 17.0. The normalized spacial score (nSPS) is 11.2. The summed E-state index contributed by atoms with van der Waals surface area (Å²) in [7, 11) is 1.84. The van der Waals surface area contributed by atoms with Gasteiger partial charge in [0.1, 0.15) is 5.82 Å². The second-order valence-corrected chi connectivity index (χ2v) is 5.87. The maximum Gasteiger partial charge on any atom is 0.229 e. The molecule has 0 saturated heterocycles. The molecule has 0 aliphatic carbocycles. The Morgan fingerprint density at radius 2 is 2.04 bits per heavy atom. The summed E-state index contributed by atoms with van der Waals surface area (Å²) in [5, 5.41) is 12.4. The lowest BCUT2D eigenvalue weighted by Gasteiger charge is -2.08. The first-order chi connectivity index (χ1) is 12.1. The van der Waals surface area contributed by atoms with Crippen molar-refractivity contribution in [2.24, 2.45) is 7.05 Å². The number of halogens is 1. The fourth-order valence-corrected chi connectivity index (χ4v) is 2.63. The van der Waals surface area contributed by atoms with E-state index in [1.165, 1.54) is 12.1 Å². The van der Waals surface area contributed by atoms with Crippen molar-refractivity contribution in [2.45, 2.75) is 13.5 Å². The Labute approximate surface area is 143 Å². The van der Waals surface area contributed by atoms with Gasteiger partial charge in [-0.25, -0.2) is 14.1 Å². The van der Waals surface area contributed by atoms with Gasteiger partial charge < -0.3 is 5.32 Å². The highest BCUT2D eigenvalue weighted by Crippen LogP contribution is 2.18. The molecule has 8 heteroatoms. The van der Waals surface area contributed by atoms with Crippen LogP contribution in [0.1, 0.15) is 11.1 Å². The Morgan fingerprint density at radius 3 is 2.84 bits per heavy atom. The second-order valence-electron chi connectivity index (χ2n) is 5.87. The molecule has 0 amide bonds. The molecule has 126 valence electrons. The van der Waals surface area contributed by atoms with Gasteiger partial charge in [-0.2, -0.15) is 15.2 Å². The zero-order valence-electron chi connectivity index (χ0n) is 13.8. The van der Waals surface area contributed by atoms with Crippen LogP contribution in [0.25, 0.3) is 11.0 Å². The quantitative estimate of drug-likeness (QED) is 0.620. The molecule has 0 aliphatic heterocycles. The van der Waals surface area contributed by atoms with Gasteiger partial charge in [-0.3, -0.25) is 4.68 Å². The molecule has 0 saturated carbocycles. The predicted molar refractivity (Wildman–Crippen MR) is 92.1 cm³/mol. The average molecular weight is 337 g/mol. The van der Waals surface area contributed by atoms with Gasteiger partial charge in [-0.05, 0) is 30.2 Å². The third kappa shape index (κ3) is 3.06. The van der Waals surface area contributed by atoms with E-state index in [0.29, 0.717) is 18.1 Å². The van der Waals surface area contributed by atoms with Crippen molar-refractivity contribution in [3.05, 3.63) is 59.9 Å². The number of hydrogen-bond acceptors (Lipinski definition) is 5. The lowest BCUT2D eigenvalue weighted by molar-refractivity contribution is 0.619. The molecule has 3 heterocycles. The first kappa shape index (κ1) is 15.3. The maximum atomic E-state index is 13.5. The highest BCUT2D eigenvalue weighted by atomic mass is 19.1. The van der Waals surface area contributed by atoms with Gasteiger partial charge in [-0.15, -0.1) is 0 Å². The minimum atomic E-state index is -0.259. The minimum Gasteiger partial charge on any atom is -0.321 e. The molecule has 4 rings (SSSR count). The molecule has 3 aromatic heterocycles. The van der Waals surface area contributed by atoms with Crippen molar-refractivity contribution >= 4 is 22.7 Å². The summed E-state index contributed by atoms with van der Waals surface area (Å²) in [6.45, 7) is 2.39. The molecule has 0 radical (unpaired) electrons. The summed E-state index contributed by atoms with van der Waals surface area (Å²) in [6, 6.07) is 4.75. The lowest BCUT2D eigenvalue weighted by atomic mass is 10.1. The molecular formula is C17H16FN7. The third-order valence-electron chi connectivity index (χ3n) is 3.97. The number of nitrogens with one attached hydrogen (secondary N) is 1. The van der Waals surface area contributed by atoms with Crippen molar-refractivity contribution in [2.75, 3.05) is 5.32 Å². The molecule has 0 unspecified atom stereocenters. The molecule has 1 N–H and O–H groups in total. The first-order valence-corrected chi connectivity index (χ1v) is 7.78. The summed E-state index contributed by atoms with van der Waals surface area (Å²) >= 11 is 0. The van der Waals surface area contributed by atoms with Crippen LogP contribution in [-0.4, -0.2) is 29.5 Å². The zero-order valence-corrected chi connectivity index (χ0v) is 13.8. The number of fused-ring (bicyclic) bond motifs is 1. The van der Waals surface area contributed by atoms with Crippen LogP contribution in [0, 0.1) is 12.7 Å². The van der Waals surface area contributed by atoms with Crippen molar-refractivity contribution in [3.63, 3.8) is 0 Å². The van der Waals surface area contributed by atoms with E-state index >= 15 is 0 Å². The fraction of sp³-hybridized carbons (Fsp3) is 0.176. The van der Waals surface area contributed by atoms with Crippen LogP contribution in [0.5, 0.6) is 0 Å². The van der Waals surface area contributed by atoms with E-state index < -0.39 is 0 Å². The molecule has 4 aromatic rings. The van der Waals surface area contributed by atoms with Crippen molar-refractivity contribution < 1.29 is 4.39 Å². The van der Waals surface area contributed by atoms with E-state index in [4.69, 9.17) is 0 Å². The summed E-state index contributed by atoms with van der Waals surface area (Å²) in [5.41, 5.74) is 3.36.